The first kappa shape index (κ1) is 14.8. The quantitative estimate of drug-likeness (QED) is 0.842. The highest BCUT2D eigenvalue weighted by molar-refractivity contribution is 7.92. The first-order valence-corrected chi connectivity index (χ1v) is 9.62. The number of hydrogen-bond donors (Lipinski definition) is 0. The molecule has 2 atom stereocenters. The summed E-state index contributed by atoms with van der Waals surface area (Å²) in [5, 5.41) is 0.603. The smallest absolute Gasteiger partial charge is 0.227 e. The van der Waals surface area contributed by atoms with E-state index in [9.17, 15) is 13.2 Å². The first-order valence-electron chi connectivity index (χ1n) is 7.90. The Kier molecular flexibility index (Phi) is 3.27. The summed E-state index contributed by atoms with van der Waals surface area (Å²) in [6.07, 6.45) is 2.58. The number of fused-ring (bicyclic) bond motifs is 2. The van der Waals surface area contributed by atoms with Crippen molar-refractivity contribution in [1.29, 1.82) is 0 Å². The van der Waals surface area contributed by atoms with E-state index >= 15 is 0 Å². The van der Waals surface area contributed by atoms with Crippen LogP contribution in [0.5, 0.6) is 0 Å². The van der Waals surface area contributed by atoms with Crippen LogP contribution in [-0.4, -0.2) is 43.3 Å². The van der Waals surface area contributed by atoms with Crippen molar-refractivity contribution in [2.24, 2.45) is 5.92 Å². The standard InChI is InChI=1S/C17H19NO4S/c1-11-2-3-14-13(10-22-15(14)6-11)7-17(19)18-8-12-4-5-23(20,21)16(12)9-18/h2-3,6,10,12,16H,4-5,7-9H2,1H3/t12-,16+/m0/s1. The number of likely N-dealkylation sites (tertiary alicyclic amines) is 1. The number of aryl methyl sites for hydroxylation is 1. The molecule has 0 unspecified atom stereocenters. The summed E-state index contributed by atoms with van der Waals surface area (Å²) in [6, 6.07) is 5.93. The summed E-state index contributed by atoms with van der Waals surface area (Å²) >= 11 is 0. The van der Waals surface area contributed by atoms with Crippen LogP contribution >= 0.6 is 0 Å². The average Bonchev–Trinajstić information content (AvgIpc) is 3.15. The lowest BCUT2D eigenvalue weighted by Gasteiger charge is -2.16. The third-order valence-corrected chi connectivity index (χ3v) is 7.38. The maximum Gasteiger partial charge on any atom is 0.227 e. The van der Waals surface area contributed by atoms with Crippen LogP contribution in [0.15, 0.2) is 28.9 Å². The lowest BCUT2D eigenvalue weighted by atomic mass is 10.1. The van der Waals surface area contributed by atoms with Crippen molar-refractivity contribution in [3.8, 4) is 0 Å². The SMILES string of the molecule is Cc1ccc2c(CC(=O)N3C[C@@H]4CCS(=O)(=O)[C@@H]4C3)coc2c1. The number of carbonyl (C=O) groups is 1. The van der Waals surface area contributed by atoms with E-state index < -0.39 is 9.84 Å². The van der Waals surface area contributed by atoms with Gasteiger partial charge in [0.25, 0.3) is 0 Å². The fourth-order valence-corrected chi connectivity index (χ4v) is 5.95. The molecule has 0 N–H and O–H groups in total. The molecular formula is C17H19NO4S. The van der Waals surface area contributed by atoms with Gasteiger partial charge in [-0.2, -0.15) is 0 Å². The van der Waals surface area contributed by atoms with Gasteiger partial charge < -0.3 is 9.32 Å². The second-order valence-corrected chi connectivity index (χ2v) is 9.03. The molecule has 2 aliphatic heterocycles. The Bertz CT molecular complexity index is 883. The Morgan fingerprint density at radius 1 is 1.35 bits per heavy atom. The molecule has 0 saturated carbocycles. The largest absolute Gasteiger partial charge is 0.464 e. The normalized spacial score (nSPS) is 25.9. The molecule has 2 aromatic rings. The van der Waals surface area contributed by atoms with E-state index in [4.69, 9.17) is 4.42 Å². The molecule has 23 heavy (non-hydrogen) atoms. The molecular weight excluding hydrogens is 314 g/mol. The molecule has 122 valence electrons. The van der Waals surface area contributed by atoms with Gasteiger partial charge in [-0.05, 0) is 30.9 Å². The Hall–Kier alpha value is -1.82. The van der Waals surface area contributed by atoms with Gasteiger partial charge in [-0.3, -0.25) is 4.79 Å². The summed E-state index contributed by atoms with van der Waals surface area (Å²) in [6.45, 7) is 2.91. The lowest BCUT2D eigenvalue weighted by molar-refractivity contribution is -0.129. The monoisotopic (exact) mass is 333 g/mol. The highest BCUT2D eigenvalue weighted by Crippen LogP contribution is 2.34. The van der Waals surface area contributed by atoms with E-state index in [0.29, 0.717) is 19.5 Å². The number of carbonyl (C=O) groups excluding carboxylic acids is 1. The average molecular weight is 333 g/mol. The molecule has 0 spiro atoms. The number of benzene rings is 1. The number of nitrogens with zero attached hydrogens (tertiary/aromatic N) is 1. The predicted octanol–water partition coefficient (Wildman–Crippen LogP) is 1.93. The molecule has 2 aliphatic rings. The van der Waals surface area contributed by atoms with Crippen molar-refractivity contribution >= 4 is 26.7 Å². The highest BCUT2D eigenvalue weighted by atomic mass is 32.2. The Morgan fingerprint density at radius 2 is 2.17 bits per heavy atom. The maximum atomic E-state index is 12.6. The highest BCUT2D eigenvalue weighted by Gasteiger charge is 2.47. The minimum absolute atomic E-state index is 0.0159. The molecule has 1 amide bonds. The first-order chi connectivity index (χ1) is 10.9. The van der Waals surface area contributed by atoms with E-state index in [-0.39, 0.29) is 29.2 Å². The lowest BCUT2D eigenvalue weighted by Crippen LogP contribution is -2.33. The van der Waals surface area contributed by atoms with Gasteiger partial charge in [0.2, 0.25) is 5.91 Å². The van der Waals surface area contributed by atoms with Gasteiger partial charge in [0.15, 0.2) is 9.84 Å². The Labute approximate surface area is 135 Å². The second-order valence-electron chi connectivity index (χ2n) is 6.69. The number of rotatable bonds is 2. The second kappa shape index (κ2) is 5.09. The number of amides is 1. The Morgan fingerprint density at radius 3 is 2.96 bits per heavy atom. The fraction of sp³-hybridized carbons (Fsp3) is 0.471. The van der Waals surface area contributed by atoms with Crippen LogP contribution in [0, 0.1) is 12.8 Å². The van der Waals surface area contributed by atoms with Gasteiger partial charge in [0.05, 0.1) is 23.7 Å². The van der Waals surface area contributed by atoms with Crippen molar-refractivity contribution in [1.82, 2.24) is 4.90 Å². The Balaban J connectivity index is 1.52. The minimum Gasteiger partial charge on any atom is -0.464 e. The van der Waals surface area contributed by atoms with E-state index in [2.05, 4.69) is 0 Å². The van der Waals surface area contributed by atoms with E-state index in [0.717, 1.165) is 22.1 Å². The van der Waals surface area contributed by atoms with Crippen molar-refractivity contribution in [2.45, 2.75) is 25.0 Å². The van der Waals surface area contributed by atoms with Crippen molar-refractivity contribution < 1.29 is 17.6 Å². The molecule has 5 nitrogen and oxygen atoms in total. The van der Waals surface area contributed by atoms with Crippen LogP contribution in [0.4, 0.5) is 0 Å². The van der Waals surface area contributed by atoms with E-state index in [1.165, 1.54) is 0 Å². The number of hydrogen-bond acceptors (Lipinski definition) is 4. The zero-order valence-electron chi connectivity index (χ0n) is 13.0. The molecule has 1 aromatic carbocycles. The molecule has 2 fully saturated rings. The van der Waals surface area contributed by atoms with Crippen LogP contribution in [-0.2, 0) is 21.1 Å². The zero-order valence-corrected chi connectivity index (χ0v) is 13.8. The molecule has 0 bridgehead atoms. The molecule has 0 aliphatic carbocycles. The summed E-state index contributed by atoms with van der Waals surface area (Å²) in [4.78, 5) is 14.3. The van der Waals surface area contributed by atoms with Crippen molar-refractivity contribution in [3.63, 3.8) is 0 Å². The van der Waals surface area contributed by atoms with Gasteiger partial charge in [0, 0.05) is 24.0 Å². The summed E-state index contributed by atoms with van der Waals surface area (Å²) in [5.74, 6) is 0.376. The van der Waals surface area contributed by atoms with Gasteiger partial charge in [-0.1, -0.05) is 12.1 Å². The van der Waals surface area contributed by atoms with Crippen molar-refractivity contribution in [3.05, 3.63) is 35.6 Å². The van der Waals surface area contributed by atoms with Crippen molar-refractivity contribution in [2.75, 3.05) is 18.8 Å². The molecule has 1 aromatic heterocycles. The van der Waals surface area contributed by atoms with Crippen LogP contribution in [0.25, 0.3) is 11.0 Å². The van der Waals surface area contributed by atoms with Crippen LogP contribution in [0.1, 0.15) is 17.5 Å². The number of sulfone groups is 1. The maximum absolute atomic E-state index is 12.6. The van der Waals surface area contributed by atoms with Gasteiger partial charge in [0.1, 0.15) is 5.58 Å². The van der Waals surface area contributed by atoms with Crippen LogP contribution in [0.2, 0.25) is 0 Å². The third-order valence-electron chi connectivity index (χ3n) is 5.12. The molecule has 3 heterocycles. The third kappa shape index (κ3) is 2.45. The van der Waals surface area contributed by atoms with Crippen LogP contribution < -0.4 is 0 Å². The molecule has 6 heteroatoms. The molecule has 2 saturated heterocycles. The predicted molar refractivity (Wildman–Crippen MR) is 86.9 cm³/mol. The van der Waals surface area contributed by atoms with Crippen LogP contribution in [0.3, 0.4) is 0 Å². The topological polar surface area (TPSA) is 67.6 Å². The van der Waals surface area contributed by atoms with E-state index in [1.807, 2.05) is 25.1 Å². The van der Waals surface area contributed by atoms with Gasteiger partial charge >= 0.3 is 0 Å². The summed E-state index contributed by atoms with van der Waals surface area (Å²) in [5.41, 5.74) is 2.76. The number of furan rings is 1. The van der Waals surface area contributed by atoms with Gasteiger partial charge in [-0.25, -0.2) is 8.42 Å². The summed E-state index contributed by atoms with van der Waals surface area (Å²) in [7, 11) is -3.00. The molecule has 4 rings (SSSR count). The van der Waals surface area contributed by atoms with E-state index in [1.54, 1.807) is 11.2 Å². The summed E-state index contributed by atoms with van der Waals surface area (Å²) < 4.78 is 29.5. The zero-order chi connectivity index (χ0) is 16.2. The minimum atomic E-state index is -3.00. The fourth-order valence-electron chi connectivity index (χ4n) is 3.80. The van der Waals surface area contributed by atoms with Gasteiger partial charge in [-0.15, -0.1) is 0 Å². The molecule has 0 radical (unpaired) electrons.